The van der Waals surface area contributed by atoms with Crippen LogP contribution < -0.4 is 5.46 Å². The molecule has 0 atom stereocenters. The normalized spacial score (nSPS) is 26.1. The minimum atomic E-state index is -0.285. The van der Waals surface area contributed by atoms with Crippen LogP contribution in [-0.2, 0) is 21.4 Å². The van der Waals surface area contributed by atoms with E-state index in [-0.39, 0.29) is 23.9 Å². The topological polar surface area (TPSA) is 21.7 Å². The van der Waals surface area contributed by atoms with E-state index < -0.39 is 0 Å². The highest BCUT2D eigenvalue weighted by Crippen LogP contribution is 2.39. The Kier molecular flexibility index (Phi) is 3.12. The highest BCUT2D eigenvalue weighted by molar-refractivity contribution is 6.62. The largest absolute Gasteiger partial charge is 0.494 e. The van der Waals surface area contributed by atoms with Crippen LogP contribution in [0, 0.1) is 0 Å². The molecule has 0 aliphatic carbocycles. The molecule has 2 aliphatic rings. The van der Waals surface area contributed by atoms with E-state index in [4.69, 9.17) is 9.31 Å². The number of rotatable bonds is 1. The Labute approximate surface area is 128 Å². The van der Waals surface area contributed by atoms with Gasteiger partial charge in [0.25, 0.3) is 0 Å². The van der Waals surface area contributed by atoms with Crippen LogP contribution in [-0.4, -0.2) is 30.3 Å². The zero-order valence-corrected chi connectivity index (χ0v) is 14.3. The molecule has 0 radical (unpaired) electrons. The van der Waals surface area contributed by atoms with Crippen LogP contribution in [0.25, 0.3) is 0 Å². The second-order valence-electron chi connectivity index (χ2n) is 7.92. The van der Waals surface area contributed by atoms with Gasteiger partial charge in [-0.3, -0.25) is 4.90 Å². The molecule has 1 aromatic rings. The molecule has 0 saturated carbocycles. The monoisotopic (exact) mass is 287 g/mol. The van der Waals surface area contributed by atoms with Crippen LogP contribution in [0.4, 0.5) is 0 Å². The predicted octanol–water partition coefficient (Wildman–Crippen LogP) is 2.67. The quantitative estimate of drug-likeness (QED) is 0.741. The molecule has 21 heavy (non-hydrogen) atoms. The maximum Gasteiger partial charge on any atom is 0.494 e. The number of benzene rings is 1. The third-order valence-electron chi connectivity index (χ3n) is 5.68. The molecular formula is C17H26BNO2. The molecular weight excluding hydrogens is 261 g/mol. The van der Waals surface area contributed by atoms with Gasteiger partial charge < -0.3 is 9.31 Å². The summed E-state index contributed by atoms with van der Waals surface area (Å²) in [6, 6.07) is 6.64. The number of hydrogen-bond acceptors (Lipinski definition) is 3. The zero-order valence-electron chi connectivity index (χ0n) is 14.3. The first-order chi connectivity index (χ1) is 9.54. The molecule has 0 unspecified atom stereocenters. The minimum absolute atomic E-state index is 0.101. The standard InChI is InChI=1S/C17H26BNO2/c1-15(2)14-9-8-13(10-12(14)11-19(15)7)18-20-16(3,4)17(5,6)21-18/h8-10H,11H2,1-7H3. The van der Waals surface area contributed by atoms with Gasteiger partial charge in [-0.2, -0.15) is 0 Å². The Bertz CT molecular complexity index is 564. The van der Waals surface area contributed by atoms with Gasteiger partial charge in [0.05, 0.1) is 11.2 Å². The van der Waals surface area contributed by atoms with Crippen LogP contribution in [0.15, 0.2) is 18.2 Å². The van der Waals surface area contributed by atoms with Gasteiger partial charge >= 0.3 is 7.12 Å². The fraction of sp³-hybridized carbons (Fsp3) is 0.647. The van der Waals surface area contributed by atoms with E-state index in [1.165, 1.54) is 11.1 Å². The Hall–Kier alpha value is -0.835. The van der Waals surface area contributed by atoms with Crippen LogP contribution >= 0.6 is 0 Å². The summed E-state index contributed by atoms with van der Waals surface area (Å²) >= 11 is 0. The van der Waals surface area contributed by atoms with Crippen LogP contribution in [0.3, 0.4) is 0 Å². The molecule has 0 aromatic heterocycles. The van der Waals surface area contributed by atoms with Crippen molar-refractivity contribution in [3.05, 3.63) is 29.3 Å². The number of hydrogen-bond donors (Lipinski definition) is 0. The molecule has 3 nitrogen and oxygen atoms in total. The molecule has 114 valence electrons. The summed E-state index contributed by atoms with van der Waals surface area (Å²) < 4.78 is 12.3. The minimum Gasteiger partial charge on any atom is -0.399 e. The van der Waals surface area contributed by atoms with Gasteiger partial charge in [-0.05, 0) is 65.2 Å². The predicted molar refractivity (Wildman–Crippen MR) is 86.7 cm³/mol. The molecule has 4 heteroatoms. The van der Waals surface area contributed by atoms with Crippen molar-refractivity contribution >= 4 is 12.6 Å². The summed E-state index contributed by atoms with van der Waals surface area (Å²) in [5.74, 6) is 0. The molecule has 1 aromatic carbocycles. The van der Waals surface area contributed by atoms with Gasteiger partial charge in [0, 0.05) is 12.1 Å². The van der Waals surface area contributed by atoms with Gasteiger partial charge in [-0.1, -0.05) is 18.2 Å². The summed E-state index contributed by atoms with van der Waals surface area (Å²) in [7, 11) is 1.91. The maximum absolute atomic E-state index is 6.15. The van der Waals surface area contributed by atoms with Crippen molar-refractivity contribution in [1.29, 1.82) is 0 Å². The van der Waals surface area contributed by atoms with Gasteiger partial charge in [0.15, 0.2) is 0 Å². The first kappa shape index (κ1) is 15.1. The average Bonchev–Trinajstić information content (AvgIpc) is 2.70. The van der Waals surface area contributed by atoms with Crippen molar-refractivity contribution in [1.82, 2.24) is 4.90 Å². The van der Waals surface area contributed by atoms with E-state index in [1.54, 1.807) is 0 Å². The molecule has 2 aliphatic heterocycles. The Morgan fingerprint density at radius 2 is 1.57 bits per heavy atom. The van der Waals surface area contributed by atoms with E-state index >= 15 is 0 Å². The number of fused-ring (bicyclic) bond motifs is 1. The smallest absolute Gasteiger partial charge is 0.399 e. The number of nitrogens with zero attached hydrogens (tertiary/aromatic N) is 1. The van der Waals surface area contributed by atoms with Crippen molar-refractivity contribution in [2.24, 2.45) is 0 Å². The molecule has 0 spiro atoms. The summed E-state index contributed by atoms with van der Waals surface area (Å²) in [4.78, 5) is 2.38. The van der Waals surface area contributed by atoms with Crippen molar-refractivity contribution < 1.29 is 9.31 Å². The molecule has 1 fully saturated rings. The third-order valence-corrected chi connectivity index (χ3v) is 5.68. The second-order valence-corrected chi connectivity index (χ2v) is 7.92. The van der Waals surface area contributed by atoms with Crippen LogP contribution in [0.1, 0.15) is 52.7 Å². The summed E-state index contributed by atoms with van der Waals surface area (Å²) in [6.07, 6.45) is 0. The average molecular weight is 287 g/mol. The zero-order chi connectivity index (χ0) is 15.6. The highest BCUT2D eigenvalue weighted by Gasteiger charge is 2.52. The van der Waals surface area contributed by atoms with Crippen molar-refractivity contribution in [2.45, 2.75) is 64.8 Å². The summed E-state index contributed by atoms with van der Waals surface area (Å²) in [6.45, 7) is 13.9. The SMILES string of the molecule is CN1Cc2cc(B3OC(C)(C)C(C)(C)O3)ccc2C1(C)C. The molecule has 1 saturated heterocycles. The molecule has 0 N–H and O–H groups in total. The Morgan fingerprint density at radius 3 is 2.14 bits per heavy atom. The van der Waals surface area contributed by atoms with E-state index in [9.17, 15) is 0 Å². The fourth-order valence-corrected chi connectivity index (χ4v) is 3.13. The summed E-state index contributed by atoms with van der Waals surface area (Å²) in [5.41, 5.74) is 3.45. The maximum atomic E-state index is 6.15. The van der Waals surface area contributed by atoms with Gasteiger partial charge in [-0.25, -0.2) is 0 Å². The van der Waals surface area contributed by atoms with Crippen LogP contribution in [0.5, 0.6) is 0 Å². The lowest BCUT2D eigenvalue weighted by atomic mass is 9.77. The van der Waals surface area contributed by atoms with Crippen molar-refractivity contribution in [3.8, 4) is 0 Å². The molecule has 3 rings (SSSR count). The van der Waals surface area contributed by atoms with Crippen molar-refractivity contribution in [3.63, 3.8) is 0 Å². The van der Waals surface area contributed by atoms with Gasteiger partial charge in [0.1, 0.15) is 0 Å². The Morgan fingerprint density at radius 1 is 1.00 bits per heavy atom. The first-order valence-electron chi connectivity index (χ1n) is 7.75. The van der Waals surface area contributed by atoms with E-state index in [2.05, 4.69) is 71.7 Å². The van der Waals surface area contributed by atoms with Crippen LogP contribution in [0.2, 0.25) is 0 Å². The summed E-state index contributed by atoms with van der Waals surface area (Å²) in [5, 5.41) is 0. The van der Waals surface area contributed by atoms with E-state index in [0.717, 1.165) is 12.0 Å². The lowest BCUT2D eigenvalue weighted by Crippen LogP contribution is -2.41. The van der Waals surface area contributed by atoms with E-state index in [1.807, 2.05) is 0 Å². The molecule has 0 bridgehead atoms. The second kappa shape index (κ2) is 4.34. The lowest BCUT2D eigenvalue weighted by Gasteiger charge is -2.32. The Balaban J connectivity index is 1.93. The van der Waals surface area contributed by atoms with Gasteiger partial charge in [0.2, 0.25) is 0 Å². The third kappa shape index (κ3) is 2.16. The van der Waals surface area contributed by atoms with Gasteiger partial charge in [-0.15, -0.1) is 0 Å². The lowest BCUT2D eigenvalue weighted by molar-refractivity contribution is 0.00578. The van der Waals surface area contributed by atoms with E-state index in [0.29, 0.717) is 0 Å². The first-order valence-corrected chi connectivity index (χ1v) is 7.75. The molecule has 2 heterocycles. The molecule has 0 amide bonds. The fourth-order valence-electron chi connectivity index (χ4n) is 3.13. The van der Waals surface area contributed by atoms with Crippen molar-refractivity contribution in [2.75, 3.05) is 7.05 Å². The highest BCUT2D eigenvalue weighted by atomic mass is 16.7.